The number of carbonyl (C=O) groups excluding carboxylic acids is 2. The van der Waals surface area contributed by atoms with Crippen LogP contribution < -0.4 is 14.8 Å². The fourth-order valence-electron chi connectivity index (χ4n) is 3.72. The van der Waals surface area contributed by atoms with E-state index < -0.39 is 15.9 Å². The number of carbonyl (C=O) groups is 2. The Morgan fingerprint density at radius 2 is 2.00 bits per heavy atom. The molecule has 0 spiro atoms. The maximum Gasteiger partial charge on any atom is 0.257 e. The van der Waals surface area contributed by atoms with Crippen molar-refractivity contribution in [3.63, 3.8) is 0 Å². The molecule has 37 heavy (non-hydrogen) atoms. The lowest BCUT2D eigenvalue weighted by molar-refractivity contribution is -0.119. The van der Waals surface area contributed by atoms with Crippen molar-refractivity contribution in [2.45, 2.75) is 33.6 Å². The van der Waals surface area contributed by atoms with Gasteiger partial charge in [-0.25, -0.2) is 13.1 Å². The number of nitrogens with one attached hydrogen (secondary N) is 2. The molecule has 0 aliphatic heterocycles. The second-order valence-corrected chi connectivity index (χ2v) is 10.4. The number of aromatic nitrogens is 3. The van der Waals surface area contributed by atoms with Gasteiger partial charge in [-0.05, 0) is 50.7 Å². The summed E-state index contributed by atoms with van der Waals surface area (Å²) in [7, 11) is -2.04. The van der Waals surface area contributed by atoms with Gasteiger partial charge in [-0.2, -0.15) is 5.10 Å². The first-order valence-corrected chi connectivity index (χ1v) is 13.6. The zero-order valence-corrected chi connectivity index (χ0v) is 22.3. The maximum atomic E-state index is 12.4. The highest BCUT2D eigenvalue weighted by atomic mass is 32.2. The Hall–Kier alpha value is -3.86. The van der Waals surface area contributed by atoms with E-state index in [1.165, 1.54) is 19.1 Å². The predicted molar refractivity (Wildman–Crippen MR) is 144 cm³/mol. The summed E-state index contributed by atoms with van der Waals surface area (Å²) < 4.78 is 35.7. The fourth-order valence-corrected chi connectivity index (χ4v) is 4.53. The van der Waals surface area contributed by atoms with E-state index in [9.17, 15) is 18.0 Å². The molecule has 2 heterocycles. The third kappa shape index (κ3) is 7.56. The number of aryl methyl sites for hydroxylation is 2. The number of benzene rings is 1. The van der Waals surface area contributed by atoms with E-state index in [4.69, 9.17) is 4.74 Å². The largest absolute Gasteiger partial charge is 0.486 e. The minimum absolute atomic E-state index is 0.0196. The monoisotopic (exact) mass is 527 g/mol. The van der Waals surface area contributed by atoms with Gasteiger partial charge in [0.15, 0.2) is 5.78 Å². The molecule has 0 fully saturated rings. The molecule has 1 amide bonds. The SMILES string of the molecule is CCCCNC=CCS(=O)(=O)NC(=O)/C=C/c1c(C)nn(C)c1-n1ccc2ccc(OCC(C)=O)cc21. The van der Waals surface area contributed by atoms with E-state index in [1.807, 2.05) is 29.0 Å². The van der Waals surface area contributed by atoms with Crippen LogP contribution in [0.4, 0.5) is 0 Å². The molecule has 11 heteroatoms. The highest BCUT2D eigenvalue weighted by Crippen LogP contribution is 2.28. The van der Waals surface area contributed by atoms with E-state index in [2.05, 4.69) is 22.1 Å². The smallest absolute Gasteiger partial charge is 0.257 e. The van der Waals surface area contributed by atoms with Crippen LogP contribution in [0, 0.1) is 6.92 Å². The van der Waals surface area contributed by atoms with Crippen LogP contribution in [0.15, 0.2) is 48.8 Å². The highest BCUT2D eigenvalue weighted by Gasteiger charge is 2.17. The zero-order valence-electron chi connectivity index (χ0n) is 21.5. The van der Waals surface area contributed by atoms with Gasteiger partial charge in [-0.15, -0.1) is 0 Å². The van der Waals surface area contributed by atoms with Gasteiger partial charge in [0.1, 0.15) is 18.2 Å². The zero-order chi connectivity index (χ0) is 27.0. The summed E-state index contributed by atoms with van der Waals surface area (Å²) in [4.78, 5) is 23.7. The molecule has 2 aromatic heterocycles. The predicted octanol–water partition coefficient (Wildman–Crippen LogP) is 3.00. The van der Waals surface area contributed by atoms with Crippen LogP contribution in [0.2, 0.25) is 0 Å². The number of amides is 1. The molecule has 2 N–H and O–H groups in total. The number of Topliss-reactive ketones (excluding diaryl/α,β-unsaturated/α-hetero) is 1. The lowest BCUT2D eigenvalue weighted by Gasteiger charge is -2.10. The molecule has 0 unspecified atom stereocenters. The van der Waals surface area contributed by atoms with Gasteiger partial charge in [0.2, 0.25) is 10.0 Å². The van der Waals surface area contributed by atoms with E-state index in [0.29, 0.717) is 22.8 Å². The van der Waals surface area contributed by atoms with Crippen molar-refractivity contribution in [3.8, 4) is 11.6 Å². The average Bonchev–Trinajstić information content (AvgIpc) is 3.36. The molecular weight excluding hydrogens is 494 g/mol. The summed E-state index contributed by atoms with van der Waals surface area (Å²) in [5.74, 6) is 0.0951. The van der Waals surface area contributed by atoms with Gasteiger partial charge in [-0.1, -0.05) is 19.4 Å². The number of unbranched alkanes of at least 4 members (excludes halogenated alkanes) is 1. The average molecular weight is 528 g/mol. The summed E-state index contributed by atoms with van der Waals surface area (Å²) in [5, 5.41) is 8.44. The molecule has 198 valence electrons. The number of nitrogens with zero attached hydrogens (tertiary/aromatic N) is 3. The Bertz CT molecular complexity index is 1430. The van der Waals surface area contributed by atoms with Crippen LogP contribution in [0.25, 0.3) is 22.8 Å². The summed E-state index contributed by atoms with van der Waals surface area (Å²) in [6.07, 6.45) is 9.67. The van der Waals surface area contributed by atoms with Gasteiger partial charge < -0.3 is 14.6 Å². The standard InChI is InChI=1S/C26H33N5O5S/c1-5-6-13-27-14-7-16-37(34,35)29-25(33)11-10-23-20(3)28-30(4)26(23)31-15-12-21-8-9-22(17-24(21)31)36-18-19(2)32/h7-12,14-15,17,27H,5-6,13,16,18H2,1-4H3,(H,29,33)/b11-10+,14-7?. The number of sulfonamides is 1. The number of fused-ring (bicyclic) bond motifs is 1. The van der Waals surface area contributed by atoms with Crippen LogP contribution in [0.1, 0.15) is 37.9 Å². The Kier molecular flexibility index (Phi) is 9.29. The molecule has 3 rings (SSSR count). The lowest BCUT2D eigenvalue weighted by atomic mass is 10.2. The molecule has 3 aromatic rings. The van der Waals surface area contributed by atoms with Crippen LogP contribution >= 0.6 is 0 Å². The minimum atomic E-state index is -3.82. The first kappa shape index (κ1) is 27.7. The van der Waals surface area contributed by atoms with Crippen LogP contribution in [-0.4, -0.2) is 53.4 Å². The van der Waals surface area contributed by atoms with Crippen molar-refractivity contribution >= 4 is 38.7 Å². The molecule has 0 radical (unpaired) electrons. The van der Waals surface area contributed by atoms with Crippen molar-refractivity contribution in [1.82, 2.24) is 24.4 Å². The van der Waals surface area contributed by atoms with Gasteiger partial charge in [0.25, 0.3) is 5.91 Å². The number of ketones is 1. The van der Waals surface area contributed by atoms with Gasteiger partial charge in [-0.3, -0.25) is 14.3 Å². The fraction of sp³-hybridized carbons (Fsp3) is 0.346. The number of hydrogen-bond donors (Lipinski definition) is 2. The number of hydrogen-bond acceptors (Lipinski definition) is 7. The van der Waals surface area contributed by atoms with E-state index >= 15 is 0 Å². The second-order valence-electron chi connectivity index (χ2n) is 8.63. The van der Waals surface area contributed by atoms with Crippen molar-refractivity contribution in [2.75, 3.05) is 18.9 Å². The normalized spacial score (nSPS) is 12.0. The van der Waals surface area contributed by atoms with E-state index in [1.54, 1.807) is 37.0 Å². The highest BCUT2D eigenvalue weighted by molar-refractivity contribution is 7.90. The van der Waals surface area contributed by atoms with Gasteiger partial charge >= 0.3 is 0 Å². The first-order chi connectivity index (χ1) is 17.6. The second kappa shape index (κ2) is 12.4. The third-order valence-corrected chi connectivity index (χ3v) is 6.60. The molecule has 10 nitrogen and oxygen atoms in total. The first-order valence-electron chi connectivity index (χ1n) is 12.0. The summed E-state index contributed by atoms with van der Waals surface area (Å²) in [6, 6.07) is 7.46. The van der Waals surface area contributed by atoms with E-state index in [0.717, 1.165) is 30.3 Å². The summed E-state index contributed by atoms with van der Waals surface area (Å²) in [6.45, 7) is 6.08. The summed E-state index contributed by atoms with van der Waals surface area (Å²) in [5.41, 5.74) is 2.14. The molecule has 0 bridgehead atoms. The van der Waals surface area contributed by atoms with Crippen LogP contribution in [0.3, 0.4) is 0 Å². The van der Waals surface area contributed by atoms with Gasteiger partial charge in [0, 0.05) is 42.9 Å². The Morgan fingerprint density at radius 1 is 1.22 bits per heavy atom. The quantitative estimate of drug-likeness (QED) is 0.259. The molecule has 0 atom stereocenters. The van der Waals surface area contributed by atoms with Crippen molar-refractivity contribution < 1.29 is 22.7 Å². The Balaban J connectivity index is 1.79. The van der Waals surface area contributed by atoms with Crippen LogP contribution in [-0.2, 0) is 26.7 Å². The molecule has 0 saturated carbocycles. The van der Waals surface area contributed by atoms with Gasteiger partial charge in [0.05, 0.1) is 17.0 Å². The summed E-state index contributed by atoms with van der Waals surface area (Å²) >= 11 is 0. The third-order valence-electron chi connectivity index (χ3n) is 5.46. The van der Waals surface area contributed by atoms with Crippen molar-refractivity contribution in [3.05, 3.63) is 60.1 Å². The Morgan fingerprint density at radius 3 is 2.73 bits per heavy atom. The van der Waals surface area contributed by atoms with Crippen molar-refractivity contribution in [1.29, 1.82) is 0 Å². The minimum Gasteiger partial charge on any atom is -0.486 e. The molecule has 0 aliphatic rings. The number of ether oxygens (including phenoxy) is 1. The lowest BCUT2D eigenvalue weighted by Crippen LogP contribution is -2.30. The topological polar surface area (TPSA) is 124 Å². The molecule has 0 saturated heterocycles. The van der Waals surface area contributed by atoms with Crippen molar-refractivity contribution in [2.24, 2.45) is 7.05 Å². The maximum absolute atomic E-state index is 12.4. The molecular formula is C26H33N5O5S. The molecule has 0 aliphatic carbocycles. The van der Waals surface area contributed by atoms with Crippen LogP contribution in [0.5, 0.6) is 5.75 Å². The number of rotatable bonds is 13. The Labute approximate surface area is 217 Å². The molecule has 1 aromatic carbocycles. The van der Waals surface area contributed by atoms with E-state index in [-0.39, 0.29) is 18.1 Å².